The summed E-state index contributed by atoms with van der Waals surface area (Å²) < 4.78 is 5.44. The molecule has 134 valence electrons. The molecule has 0 aliphatic heterocycles. The fourth-order valence-corrected chi connectivity index (χ4v) is 2.41. The van der Waals surface area contributed by atoms with Crippen LogP contribution in [0.4, 0.5) is 5.82 Å². The van der Waals surface area contributed by atoms with Gasteiger partial charge in [0.2, 0.25) is 0 Å². The number of benzene rings is 1. The van der Waals surface area contributed by atoms with E-state index in [1.807, 2.05) is 38.1 Å². The molecule has 0 radical (unpaired) electrons. The first kappa shape index (κ1) is 18.7. The van der Waals surface area contributed by atoms with E-state index >= 15 is 0 Å². The van der Waals surface area contributed by atoms with Gasteiger partial charge in [0.1, 0.15) is 5.75 Å². The average molecular weight is 342 g/mol. The number of carbonyl (C=O) groups excluding carboxylic acids is 1. The SMILES string of the molecule is CCOc1ccc(CC(C)CNC(=O)c2ccc(N(C)C)nn2)cc1. The molecule has 6 nitrogen and oxygen atoms in total. The Bertz CT molecular complexity index is 669. The van der Waals surface area contributed by atoms with Gasteiger partial charge in [0.05, 0.1) is 6.61 Å². The third-order valence-corrected chi connectivity index (χ3v) is 3.77. The molecule has 0 saturated carbocycles. The zero-order chi connectivity index (χ0) is 18.2. The summed E-state index contributed by atoms with van der Waals surface area (Å²) in [7, 11) is 3.76. The van der Waals surface area contributed by atoms with Gasteiger partial charge < -0.3 is 15.0 Å². The molecule has 0 bridgehead atoms. The maximum absolute atomic E-state index is 12.2. The van der Waals surface area contributed by atoms with Crippen LogP contribution in [0.5, 0.6) is 5.75 Å². The Kier molecular flexibility index (Phi) is 6.74. The molecule has 0 saturated heterocycles. The lowest BCUT2D eigenvalue weighted by Gasteiger charge is -2.13. The van der Waals surface area contributed by atoms with Crippen molar-refractivity contribution < 1.29 is 9.53 Å². The minimum Gasteiger partial charge on any atom is -0.494 e. The average Bonchev–Trinajstić information content (AvgIpc) is 2.61. The number of amides is 1. The lowest BCUT2D eigenvalue weighted by molar-refractivity contribution is 0.0942. The second-order valence-corrected chi connectivity index (χ2v) is 6.27. The molecule has 1 heterocycles. The van der Waals surface area contributed by atoms with Crippen LogP contribution in [0.3, 0.4) is 0 Å². The van der Waals surface area contributed by atoms with Crippen LogP contribution < -0.4 is 15.0 Å². The van der Waals surface area contributed by atoms with E-state index in [1.165, 1.54) is 5.56 Å². The van der Waals surface area contributed by atoms with Crippen LogP contribution in [-0.2, 0) is 6.42 Å². The normalized spacial score (nSPS) is 11.7. The molecule has 0 aliphatic rings. The summed E-state index contributed by atoms with van der Waals surface area (Å²) >= 11 is 0. The smallest absolute Gasteiger partial charge is 0.271 e. The highest BCUT2D eigenvalue weighted by atomic mass is 16.5. The van der Waals surface area contributed by atoms with Crippen LogP contribution in [0.1, 0.15) is 29.9 Å². The summed E-state index contributed by atoms with van der Waals surface area (Å²) in [6, 6.07) is 11.6. The largest absolute Gasteiger partial charge is 0.494 e. The zero-order valence-corrected chi connectivity index (χ0v) is 15.3. The van der Waals surface area contributed by atoms with Crippen molar-refractivity contribution in [3.05, 3.63) is 47.7 Å². The van der Waals surface area contributed by atoms with E-state index in [2.05, 4.69) is 34.6 Å². The number of aromatic nitrogens is 2. The van der Waals surface area contributed by atoms with Crippen molar-refractivity contribution >= 4 is 11.7 Å². The monoisotopic (exact) mass is 342 g/mol. The predicted octanol–water partition coefficient (Wildman–Crippen LogP) is 2.55. The van der Waals surface area contributed by atoms with E-state index in [-0.39, 0.29) is 5.91 Å². The Hall–Kier alpha value is -2.63. The third kappa shape index (κ3) is 5.74. The Labute approximate surface area is 149 Å². The van der Waals surface area contributed by atoms with Gasteiger partial charge in [0, 0.05) is 20.6 Å². The highest BCUT2D eigenvalue weighted by Gasteiger charge is 2.11. The summed E-state index contributed by atoms with van der Waals surface area (Å²) in [5.41, 5.74) is 1.55. The topological polar surface area (TPSA) is 67.3 Å². The van der Waals surface area contributed by atoms with Crippen molar-refractivity contribution in [2.75, 3.05) is 32.1 Å². The quantitative estimate of drug-likeness (QED) is 0.798. The van der Waals surface area contributed by atoms with Crippen molar-refractivity contribution in [2.45, 2.75) is 20.3 Å². The molecule has 1 aromatic heterocycles. The van der Waals surface area contributed by atoms with E-state index in [4.69, 9.17) is 4.74 Å². The van der Waals surface area contributed by atoms with E-state index in [0.29, 0.717) is 24.8 Å². The zero-order valence-electron chi connectivity index (χ0n) is 15.3. The maximum Gasteiger partial charge on any atom is 0.271 e. The van der Waals surface area contributed by atoms with E-state index in [9.17, 15) is 4.79 Å². The molecule has 1 aromatic carbocycles. The van der Waals surface area contributed by atoms with Crippen molar-refractivity contribution in [1.82, 2.24) is 15.5 Å². The molecule has 2 rings (SSSR count). The Balaban J connectivity index is 1.82. The highest BCUT2D eigenvalue weighted by molar-refractivity contribution is 5.92. The first-order valence-electron chi connectivity index (χ1n) is 8.50. The fourth-order valence-electron chi connectivity index (χ4n) is 2.41. The van der Waals surface area contributed by atoms with Crippen LogP contribution in [-0.4, -0.2) is 43.4 Å². The Morgan fingerprint density at radius 3 is 2.44 bits per heavy atom. The number of hydrogen-bond donors (Lipinski definition) is 1. The summed E-state index contributed by atoms with van der Waals surface area (Å²) in [5.74, 6) is 1.72. The number of anilines is 1. The Morgan fingerprint density at radius 2 is 1.88 bits per heavy atom. The first-order valence-corrected chi connectivity index (χ1v) is 8.50. The summed E-state index contributed by atoms with van der Waals surface area (Å²) in [6.07, 6.45) is 0.887. The number of nitrogens with zero attached hydrogens (tertiary/aromatic N) is 3. The van der Waals surface area contributed by atoms with Crippen molar-refractivity contribution in [1.29, 1.82) is 0 Å². The summed E-state index contributed by atoms with van der Waals surface area (Å²) in [4.78, 5) is 14.0. The molecular formula is C19H26N4O2. The Morgan fingerprint density at radius 1 is 1.16 bits per heavy atom. The number of ether oxygens (including phenoxy) is 1. The van der Waals surface area contributed by atoms with Crippen LogP contribution in [0.25, 0.3) is 0 Å². The van der Waals surface area contributed by atoms with Gasteiger partial charge in [-0.1, -0.05) is 19.1 Å². The van der Waals surface area contributed by atoms with Crippen molar-refractivity contribution in [2.24, 2.45) is 5.92 Å². The lowest BCUT2D eigenvalue weighted by Crippen LogP contribution is -2.30. The molecule has 2 aromatic rings. The lowest BCUT2D eigenvalue weighted by atomic mass is 10.0. The second-order valence-electron chi connectivity index (χ2n) is 6.27. The molecule has 0 spiro atoms. The van der Waals surface area contributed by atoms with Gasteiger partial charge >= 0.3 is 0 Å². The van der Waals surface area contributed by atoms with E-state index in [0.717, 1.165) is 18.0 Å². The third-order valence-electron chi connectivity index (χ3n) is 3.77. The van der Waals surface area contributed by atoms with Gasteiger partial charge in [0.15, 0.2) is 11.5 Å². The van der Waals surface area contributed by atoms with E-state index in [1.54, 1.807) is 12.1 Å². The van der Waals surface area contributed by atoms with Gasteiger partial charge in [-0.05, 0) is 49.1 Å². The molecule has 0 fully saturated rings. The summed E-state index contributed by atoms with van der Waals surface area (Å²) in [5, 5.41) is 10.9. The molecule has 25 heavy (non-hydrogen) atoms. The highest BCUT2D eigenvalue weighted by Crippen LogP contribution is 2.15. The minimum absolute atomic E-state index is 0.198. The predicted molar refractivity (Wildman–Crippen MR) is 99.2 cm³/mol. The van der Waals surface area contributed by atoms with Crippen LogP contribution in [0.15, 0.2) is 36.4 Å². The number of rotatable bonds is 8. The second kappa shape index (κ2) is 9.01. The van der Waals surface area contributed by atoms with Gasteiger partial charge in [-0.2, -0.15) is 0 Å². The number of nitrogens with one attached hydrogen (secondary N) is 1. The minimum atomic E-state index is -0.198. The first-order chi connectivity index (χ1) is 12.0. The van der Waals surface area contributed by atoms with Crippen LogP contribution in [0.2, 0.25) is 0 Å². The molecule has 6 heteroatoms. The molecule has 1 unspecified atom stereocenters. The fraction of sp³-hybridized carbons (Fsp3) is 0.421. The van der Waals surface area contributed by atoms with Crippen LogP contribution >= 0.6 is 0 Å². The van der Waals surface area contributed by atoms with Crippen LogP contribution in [0, 0.1) is 5.92 Å². The van der Waals surface area contributed by atoms with Gasteiger partial charge in [-0.15, -0.1) is 10.2 Å². The number of hydrogen-bond acceptors (Lipinski definition) is 5. The van der Waals surface area contributed by atoms with Crippen molar-refractivity contribution in [3.8, 4) is 5.75 Å². The molecule has 0 aliphatic carbocycles. The molecular weight excluding hydrogens is 316 g/mol. The van der Waals surface area contributed by atoms with Gasteiger partial charge in [-0.3, -0.25) is 4.79 Å². The van der Waals surface area contributed by atoms with Gasteiger partial charge in [0.25, 0.3) is 5.91 Å². The molecule has 1 amide bonds. The molecule has 1 N–H and O–H groups in total. The van der Waals surface area contributed by atoms with Crippen molar-refractivity contribution in [3.63, 3.8) is 0 Å². The summed E-state index contributed by atoms with van der Waals surface area (Å²) in [6.45, 7) is 5.33. The standard InChI is InChI=1S/C19H26N4O2/c1-5-25-16-8-6-15(7-9-16)12-14(2)13-20-19(24)17-10-11-18(22-21-17)23(3)4/h6-11,14H,5,12-13H2,1-4H3,(H,20,24). The number of carbonyl (C=O) groups is 1. The maximum atomic E-state index is 12.2. The van der Waals surface area contributed by atoms with Gasteiger partial charge in [-0.25, -0.2) is 0 Å². The molecule has 1 atom stereocenters. The van der Waals surface area contributed by atoms with E-state index < -0.39 is 0 Å².